The molecule has 0 saturated carbocycles. The van der Waals surface area contributed by atoms with Crippen LogP contribution in [0.25, 0.3) is 0 Å². The van der Waals surface area contributed by atoms with Gasteiger partial charge < -0.3 is 10.1 Å². The van der Waals surface area contributed by atoms with Crippen LogP contribution >= 0.6 is 11.3 Å². The van der Waals surface area contributed by atoms with Gasteiger partial charge >= 0.3 is 5.97 Å². The van der Waals surface area contributed by atoms with Gasteiger partial charge in [0.25, 0.3) is 0 Å². The lowest BCUT2D eigenvalue weighted by atomic mass is 10.1. The maximum Gasteiger partial charge on any atom is 0.339 e. The monoisotopic (exact) mass is 275 g/mol. The SMILES string of the molecule is COC(=O)c1ccccc1NCc1cc(C)sc1C. The number of benzene rings is 1. The number of ether oxygens (including phenoxy) is 1. The van der Waals surface area contributed by atoms with Crippen LogP contribution in [0.2, 0.25) is 0 Å². The second-order valence-corrected chi connectivity index (χ2v) is 5.79. The predicted molar refractivity (Wildman–Crippen MR) is 78.9 cm³/mol. The van der Waals surface area contributed by atoms with E-state index in [9.17, 15) is 4.79 Å². The lowest BCUT2D eigenvalue weighted by molar-refractivity contribution is 0.0602. The average molecular weight is 275 g/mol. The maximum absolute atomic E-state index is 11.7. The van der Waals surface area contributed by atoms with Crippen molar-refractivity contribution in [1.82, 2.24) is 0 Å². The third-order valence-electron chi connectivity index (χ3n) is 2.95. The molecule has 0 unspecified atom stereocenters. The number of rotatable bonds is 4. The largest absolute Gasteiger partial charge is 0.465 e. The molecule has 1 N–H and O–H groups in total. The third kappa shape index (κ3) is 3.15. The Balaban J connectivity index is 2.16. The summed E-state index contributed by atoms with van der Waals surface area (Å²) in [5.41, 5.74) is 2.63. The summed E-state index contributed by atoms with van der Waals surface area (Å²) in [5, 5.41) is 3.30. The topological polar surface area (TPSA) is 38.3 Å². The van der Waals surface area contributed by atoms with Gasteiger partial charge in [-0.2, -0.15) is 0 Å². The molecular weight excluding hydrogens is 258 g/mol. The number of hydrogen-bond acceptors (Lipinski definition) is 4. The first-order valence-electron chi connectivity index (χ1n) is 6.09. The van der Waals surface area contributed by atoms with E-state index < -0.39 is 0 Å². The lowest BCUT2D eigenvalue weighted by Crippen LogP contribution is -2.08. The molecule has 0 atom stereocenters. The first-order valence-corrected chi connectivity index (χ1v) is 6.90. The number of methoxy groups -OCH3 is 1. The van der Waals surface area contributed by atoms with E-state index in [0.717, 1.165) is 5.69 Å². The summed E-state index contributed by atoms with van der Waals surface area (Å²) in [4.78, 5) is 14.3. The fourth-order valence-corrected chi connectivity index (χ4v) is 2.92. The van der Waals surface area contributed by atoms with Crippen molar-refractivity contribution in [3.8, 4) is 0 Å². The van der Waals surface area contributed by atoms with Gasteiger partial charge in [-0.3, -0.25) is 0 Å². The van der Waals surface area contributed by atoms with Crippen LogP contribution in [0.3, 0.4) is 0 Å². The minimum Gasteiger partial charge on any atom is -0.465 e. The number of para-hydroxylation sites is 1. The highest BCUT2D eigenvalue weighted by molar-refractivity contribution is 7.12. The second kappa shape index (κ2) is 5.89. The van der Waals surface area contributed by atoms with Crippen LogP contribution in [0, 0.1) is 13.8 Å². The summed E-state index contributed by atoms with van der Waals surface area (Å²) in [6, 6.07) is 9.56. The van der Waals surface area contributed by atoms with Crippen LogP contribution in [0.5, 0.6) is 0 Å². The number of aryl methyl sites for hydroxylation is 2. The molecule has 3 nitrogen and oxygen atoms in total. The van der Waals surface area contributed by atoms with Crippen LogP contribution in [0.15, 0.2) is 30.3 Å². The molecule has 0 fully saturated rings. The molecule has 0 aliphatic heterocycles. The van der Waals surface area contributed by atoms with Gasteiger partial charge in [0, 0.05) is 22.0 Å². The van der Waals surface area contributed by atoms with Gasteiger partial charge in [0.1, 0.15) is 0 Å². The molecule has 2 rings (SSSR count). The normalized spacial score (nSPS) is 10.3. The van der Waals surface area contributed by atoms with Gasteiger partial charge in [-0.1, -0.05) is 12.1 Å². The van der Waals surface area contributed by atoms with E-state index in [1.165, 1.54) is 22.4 Å². The number of anilines is 1. The molecule has 19 heavy (non-hydrogen) atoms. The summed E-state index contributed by atoms with van der Waals surface area (Å²) >= 11 is 1.79. The van der Waals surface area contributed by atoms with Gasteiger partial charge in [-0.05, 0) is 37.6 Å². The van der Waals surface area contributed by atoms with Gasteiger partial charge in [0.15, 0.2) is 0 Å². The van der Waals surface area contributed by atoms with Crippen molar-refractivity contribution in [1.29, 1.82) is 0 Å². The first kappa shape index (κ1) is 13.6. The molecule has 1 heterocycles. The van der Waals surface area contributed by atoms with E-state index in [4.69, 9.17) is 4.74 Å². The number of carbonyl (C=O) groups excluding carboxylic acids is 1. The quantitative estimate of drug-likeness (QED) is 0.863. The van der Waals surface area contributed by atoms with Crippen molar-refractivity contribution in [3.05, 3.63) is 51.2 Å². The Morgan fingerprint density at radius 2 is 2.05 bits per heavy atom. The number of carbonyl (C=O) groups is 1. The summed E-state index contributed by atoms with van der Waals surface area (Å²) in [5.74, 6) is -0.318. The van der Waals surface area contributed by atoms with Crippen LogP contribution in [-0.2, 0) is 11.3 Å². The van der Waals surface area contributed by atoms with Crippen molar-refractivity contribution >= 4 is 23.0 Å². The Bertz CT molecular complexity index is 590. The molecule has 2 aromatic rings. The van der Waals surface area contributed by atoms with Crippen molar-refractivity contribution < 1.29 is 9.53 Å². The molecule has 0 radical (unpaired) electrons. The van der Waals surface area contributed by atoms with E-state index in [1.54, 1.807) is 17.4 Å². The zero-order chi connectivity index (χ0) is 13.8. The Labute approximate surface area is 117 Å². The van der Waals surface area contributed by atoms with Crippen LogP contribution in [0.1, 0.15) is 25.7 Å². The predicted octanol–water partition coefficient (Wildman–Crippen LogP) is 3.76. The molecule has 0 spiro atoms. The minimum absolute atomic E-state index is 0.318. The van der Waals surface area contributed by atoms with E-state index in [1.807, 2.05) is 18.2 Å². The van der Waals surface area contributed by atoms with Crippen molar-refractivity contribution in [2.24, 2.45) is 0 Å². The summed E-state index contributed by atoms with van der Waals surface area (Å²) in [6.45, 7) is 4.93. The van der Waals surface area contributed by atoms with Crippen LogP contribution in [-0.4, -0.2) is 13.1 Å². The average Bonchev–Trinajstić information content (AvgIpc) is 2.74. The number of thiophene rings is 1. The Morgan fingerprint density at radius 1 is 1.32 bits per heavy atom. The highest BCUT2D eigenvalue weighted by Crippen LogP contribution is 2.23. The molecular formula is C15H17NO2S. The molecule has 0 bridgehead atoms. The van der Waals surface area contributed by atoms with E-state index in [0.29, 0.717) is 12.1 Å². The second-order valence-electron chi connectivity index (χ2n) is 4.33. The smallest absolute Gasteiger partial charge is 0.339 e. The van der Waals surface area contributed by atoms with Crippen LogP contribution in [0.4, 0.5) is 5.69 Å². The third-order valence-corrected chi connectivity index (χ3v) is 3.95. The van der Waals surface area contributed by atoms with Crippen molar-refractivity contribution in [2.75, 3.05) is 12.4 Å². The molecule has 4 heteroatoms. The molecule has 1 aromatic heterocycles. The summed E-state index contributed by atoms with van der Waals surface area (Å²) < 4.78 is 4.78. The first-order chi connectivity index (χ1) is 9.11. The fraction of sp³-hybridized carbons (Fsp3) is 0.267. The van der Waals surface area contributed by atoms with E-state index in [2.05, 4.69) is 25.2 Å². The van der Waals surface area contributed by atoms with E-state index in [-0.39, 0.29) is 5.97 Å². The summed E-state index contributed by atoms with van der Waals surface area (Å²) in [7, 11) is 1.39. The highest BCUT2D eigenvalue weighted by Gasteiger charge is 2.11. The molecule has 0 amide bonds. The molecule has 0 aliphatic carbocycles. The highest BCUT2D eigenvalue weighted by atomic mass is 32.1. The number of hydrogen-bond donors (Lipinski definition) is 1. The Hall–Kier alpha value is -1.81. The summed E-state index contributed by atoms with van der Waals surface area (Å²) in [6.07, 6.45) is 0. The van der Waals surface area contributed by atoms with Crippen molar-refractivity contribution in [2.45, 2.75) is 20.4 Å². The lowest BCUT2D eigenvalue weighted by Gasteiger charge is -2.10. The van der Waals surface area contributed by atoms with Gasteiger partial charge in [0.05, 0.1) is 12.7 Å². The van der Waals surface area contributed by atoms with Gasteiger partial charge in [-0.25, -0.2) is 4.79 Å². The molecule has 0 aliphatic rings. The number of nitrogens with one attached hydrogen (secondary N) is 1. The fourth-order valence-electron chi connectivity index (χ4n) is 1.97. The number of esters is 1. The van der Waals surface area contributed by atoms with Crippen LogP contribution < -0.4 is 5.32 Å². The van der Waals surface area contributed by atoms with Gasteiger partial charge in [0.2, 0.25) is 0 Å². The minimum atomic E-state index is -0.318. The van der Waals surface area contributed by atoms with Crippen molar-refractivity contribution in [3.63, 3.8) is 0 Å². The zero-order valence-electron chi connectivity index (χ0n) is 11.3. The Kier molecular flexibility index (Phi) is 4.22. The molecule has 100 valence electrons. The molecule has 0 saturated heterocycles. The zero-order valence-corrected chi connectivity index (χ0v) is 12.1. The standard InChI is InChI=1S/C15H17NO2S/c1-10-8-12(11(2)19-10)9-16-14-7-5-4-6-13(14)15(17)18-3/h4-8,16H,9H2,1-3H3. The van der Waals surface area contributed by atoms with E-state index >= 15 is 0 Å². The maximum atomic E-state index is 11.7. The Morgan fingerprint density at radius 3 is 2.68 bits per heavy atom. The molecule has 1 aromatic carbocycles. The van der Waals surface area contributed by atoms with Gasteiger partial charge in [-0.15, -0.1) is 11.3 Å².